The molecule has 0 unspecified atom stereocenters. The molecule has 0 fully saturated rings. The van der Waals surface area contributed by atoms with Crippen LogP contribution in [-0.4, -0.2) is 72.9 Å². The Morgan fingerprint density at radius 3 is 2.44 bits per heavy atom. The number of methoxy groups -OCH3 is 2. The molecule has 1 aliphatic carbocycles. The highest BCUT2D eigenvalue weighted by molar-refractivity contribution is 6.23. The van der Waals surface area contributed by atoms with Crippen molar-refractivity contribution in [2.75, 3.05) is 20.8 Å². The largest absolute Gasteiger partial charge is 0.394 e. The van der Waals surface area contributed by atoms with Crippen LogP contribution >= 0.6 is 0 Å². The first-order valence-electron chi connectivity index (χ1n) is 13.4. The Labute approximate surface area is 231 Å². The van der Waals surface area contributed by atoms with Gasteiger partial charge in [-0.15, -0.1) is 0 Å². The Morgan fingerprint density at radius 1 is 1.13 bits per heavy atom. The van der Waals surface area contributed by atoms with Crippen LogP contribution in [-0.2, 0) is 23.9 Å². The predicted octanol–water partition coefficient (Wildman–Crippen LogP) is 2.66. The number of allylic oxidation sites excluding steroid dienone is 4. The van der Waals surface area contributed by atoms with Crippen LogP contribution in [0.2, 0.25) is 0 Å². The quantitative estimate of drug-likeness (QED) is 0.307. The van der Waals surface area contributed by atoms with Crippen molar-refractivity contribution in [3.05, 3.63) is 58.5 Å². The fourth-order valence-corrected chi connectivity index (χ4v) is 4.76. The molecule has 9 nitrogen and oxygen atoms in total. The summed E-state index contributed by atoms with van der Waals surface area (Å²) in [6.45, 7) is 8.91. The van der Waals surface area contributed by atoms with Gasteiger partial charge in [0.2, 0.25) is 11.6 Å². The van der Waals surface area contributed by atoms with Crippen molar-refractivity contribution in [2.45, 2.75) is 78.2 Å². The average Bonchev–Trinajstić information content (AvgIpc) is 2.89. The number of Topliss-reactive ketones (excluding diaryl/α,β-unsaturated/α-hetero) is 1. The van der Waals surface area contributed by atoms with E-state index >= 15 is 0 Å². The molecular formula is C30H44N2O7. The molecule has 0 aromatic heterocycles. The zero-order valence-corrected chi connectivity index (χ0v) is 24.1. The number of ketones is 2. The second-order valence-electron chi connectivity index (χ2n) is 10.7. The van der Waals surface area contributed by atoms with Crippen LogP contribution in [0.5, 0.6) is 0 Å². The number of aliphatic hydroxyl groups is 2. The second-order valence-corrected chi connectivity index (χ2v) is 10.7. The molecule has 1 aliphatic heterocycles. The van der Waals surface area contributed by atoms with Crippen molar-refractivity contribution in [2.24, 2.45) is 11.8 Å². The van der Waals surface area contributed by atoms with Crippen LogP contribution in [0.1, 0.15) is 53.9 Å². The first-order valence-corrected chi connectivity index (χ1v) is 13.4. The summed E-state index contributed by atoms with van der Waals surface area (Å²) >= 11 is 0. The molecule has 2 aliphatic rings. The van der Waals surface area contributed by atoms with Crippen LogP contribution in [0, 0.1) is 11.8 Å². The lowest BCUT2D eigenvalue weighted by atomic mass is 9.85. The van der Waals surface area contributed by atoms with Gasteiger partial charge in [0.25, 0.3) is 5.91 Å². The van der Waals surface area contributed by atoms with Gasteiger partial charge in [0.05, 0.1) is 36.3 Å². The van der Waals surface area contributed by atoms with Crippen molar-refractivity contribution < 1.29 is 34.1 Å². The number of hydrogen-bond acceptors (Lipinski definition) is 8. The van der Waals surface area contributed by atoms with Crippen LogP contribution in [0.3, 0.4) is 0 Å². The fourth-order valence-electron chi connectivity index (χ4n) is 4.76. The van der Waals surface area contributed by atoms with E-state index in [1.165, 1.54) is 0 Å². The molecule has 6 atom stereocenters. The minimum atomic E-state index is -0.795. The predicted molar refractivity (Wildman–Crippen MR) is 149 cm³/mol. The van der Waals surface area contributed by atoms with E-state index in [4.69, 9.17) is 9.47 Å². The Hall–Kier alpha value is -2.85. The third kappa shape index (κ3) is 9.10. The van der Waals surface area contributed by atoms with Crippen molar-refractivity contribution in [1.82, 2.24) is 10.6 Å². The number of nitrogens with one attached hydrogen (secondary N) is 2. The molecule has 0 saturated carbocycles. The molecule has 2 rings (SSSR count). The molecule has 2 bridgehead atoms. The summed E-state index contributed by atoms with van der Waals surface area (Å²) in [4.78, 5) is 39.5. The number of hydrogen-bond donors (Lipinski definition) is 4. The fraction of sp³-hybridized carbons (Fsp3) is 0.567. The Kier molecular flexibility index (Phi) is 12.5. The lowest BCUT2D eigenvalue weighted by molar-refractivity contribution is -0.120. The van der Waals surface area contributed by atoms with Crippen molar-refractivity contribution >= 4 is 17.5 Å². The lowest BCUT2D eigenvalue weighted by Crippen LogP contribution is -2.39. The molecule has 1 amide bonds. The summed E-state index contributed by atoms with van der Waals surface area (Å²) in [6.07, 6.45) is 8.00. The standard InChI is InChI=1S/C30H44N2O7/c1-17-11-20(4)28(35)26(39-7)14-18(2)13-23-27(31-21(5)16-33)25(34)15-24(29(23)36)32-30(37)19(3)9-8-10-22(12-17)38-6/h8-11,15,18,20-22,26,28,31,33,35H,12-14,16H2,1-7H3,(H,32,37)/b10-8+,17-11-,19-9+/t18-,20+,21-,22-,26+,28-/m1/s1. The van der Waals surface area contributed by atoms with Gasteiger partial charge in [-0.25, -0.2) is 0 Å². The summed E-state index contributed by atoms with van der Waals surface area (Å²) < 4.78 is 11.2. The Balaban J connectivity index is 2.54. The number of ether oxygens (including phenoxy) is 2. The topological polar surface area (TPSA) is 134 Å². The Morgan fingerprint density at radius 2 is 1.82 bits per heavy atom. The molecular weight excluding hydrogens is 500 g/mol. The molecule has 0 aromatic carbocycles. The van der Waals surface area contributed by atoms with E-state index in [-0.39, 0.29) is 47.9 Å². The van der Waals surface area contributed by atoms with Crippen molar-refractivity contribution in [3.8, 4) is 0 Å². The molecule has 1 heterocycles. The maximum atomic E-state index is 13.5. The minimum absolute atomic E-state index is 0.101. The maximum absolute atomic E-state index is 13.5. The summed E-state index contributed by atoms with van der Waals surface area (Å²) in [5, 5.41) is 26.2. The first kappa shape index (κ1) is 32.4. The molecule has 4 N–H and O–H groups in total. The smallest absolute Gasteiger partial charge is 0.251 e. The number of carbonyl (C=O) groups is 3. The van der Waals surface area contributed by atoms with Crippen molar-refractivity contribution in [1.29, 1.82) is 0 Å². The van der Waals surface area contributed by atoms with Crippen LogP contribution < -0.4 is 10.6 Å². The van der Waals surface area contributed by atoms with Gasteiger partial charge in [0.15, 0.2) is 0 Å². The van der Waals surface area contributed by atoms with Gasteiger partial charge in [-0.05, 0) is 46.0 Å². The van der Waals surface area contributed by atoms with E-state index in [9.17, 15) is 24.6 Å². The van der Waals surface area contributed by atoms with Crippen LogP contribution in [0.4, 0.5) is 0 Å². The number of amides is 1. The summed E-state index contributed by atoms with van der Waals surface area (Å²) in [5.74, 6) is -1.79. The van der Waals surface area contributed by atoms with E-state index in [1.54, 1.807) is 40.2 Å². The van der Waals surface area contributed by atoms with Gasteiger partial charge in [0, 0.05) is 43.4 Å². The molecule has 9 heteroatoms. The zero-order valence-electron chi connectivity index (χ0n) is 24.1. The van der Waals surface area contributed by atoms with Crippen LogP contribution in [0.15, 0.2) is 58.5 Å². The highest BCUT2D eigenvalue weighted by atomic mass is 16.5. The van der Waals surface area contributed by atoms with E-state index in [1.807, 2.05) is 32.9 Å². The van der Waals surface area contributed by atoms with Gasteiger partial charge in [-0.2, -0.15) is 0 Å². The number of fused-ring (bicyclic) bond motifs is 2. The first-order chi connectivity index (χ1) is 18.4. The number of rotatable bonds is 5. The number of aliphatic hydroxyl groups excluding tert-OH is 2. The van der Waals surface area contributed by atoms with E-state index in [2.05, 4.69) is 10.6 Å². The van der Waals surface area contributed by atoms with Gasteiger partial charge >= 0.3 is 0 Å². The molecule has 0 spiro atoms. The third-order valence-electron chi connectivity index (χ3n) is 7.07. The van der Waals surface area contributed by atoms with E-state index in [0.29, 0.717) is 18.4 Å². The molecule has 0 aromatic rings. The second kappa shape index (κ2) is 15.1. The van der Waals surface area contributed by atoms with Gasteiger partial charge in [-0.3, -0.25) is 14.4 Å². The van der Waals surface area contributed by atoms with Gasteiger partial charge < -0.3 is 30.3 Å². The number of carbonyl (C=O) groups excluding carboxylic acids is 3. The Bertz CT molecular complexity index is 1070. The monoisotopic (exact) mass is 544 g/mol. The SMILES string of the molecule is CO[C@@H]1/C=C/C=C(\C)C(=O)NC2=CC(=O)C(N[C@H](C)CO)=C(C[C@@H](C)C[C@H](OC)[C@H](O)[C@@H](C)/C=C(/C)C1)C2=O. The van der Waals surface area contributed by atoms with E-state index < -0.39 is 35.7 Å². The van der Waals surface area contributed by atoms with Crippen molar-refractivity contribution in [3.63, 3.8) is 0 Å². The maximum Gasteiger partial charge on any atom is 0.251 e. The molecule has 39 heavy (non-hydrogen) atoms. The minimum Gasteiger partial charge on any atom is -0.394 e. The highest BCUT2D eigenvalue weighted by Gasteiger charge is 2.33. The van der Waals surface area contributed by atoms with E-state index in [0.717, 1.165) is 11.6 Å². The summed E-state index contributed by atoms with van der Waals surface area (Å²) in [5.41, 5.74) is 1.63. The third-order valence-corrected chi connectivity index (χ3v) is 7.07. The van der Waals surface area contributed by atoms with Crippen LogP contribution in [0.25, 0.3) is 0 Å². The van der Waals surface area contributed by atoms with Gasteiger partial charge in [0.1, 0.15) is 0 Å². The summed E-state index contributed by atoms with van der Waals surface area (Å²) in [7, 11) is 3.15. The molecule has 0 radical (unpaired) electrons. The average molecular weight is 545 g/mol. The highest BCUT2D eigenvalue weighted by Crippen LogP contribution is 2.28. The molecule has 0 saturated heterocycles. The molecule has 216 valence electrons. The zero-order chi connectivity index (χ0) is 29.3. The summed E-state index contributed by atoms with van der Waals surface area (Å²) in [6, 6.07) is -0.460. The lowest BCUT2D eigenvalue weighted by Gasteiger charge is -2.29. The van der Waals surface area contributed by atoms with Gasteiger partial charge in [-0.1, -0.05) is 43.7 Å². The normalized spacial score (nSPS) is 32.4.